The fourth-order valence-electron chi connectivity index (χ4n) is 5.29. The molecular formula is C25H42N4O6. The van der Waals surface area contributed by atoms with Crippen LogP contribution in [0.4, 0.5) is 4.79 Å². The van der Waals surface area contributed by atoms with E-state index in [9.17, 15) is 14.4 Å². The molecule has 0 aromatic rings. The lowest BCUT2D eigenvalue weighted by atomic mass is 9.87. The van der Waals surface area contributed by atoms with E-state index in [1.165, 1.54) is 0 Å². The number of nitrogens with zero attached hydrogens (tertiary/aromatic N) is 4. The lowest BCUT2D eigenvalue weighted by Crippen LogP contribution is -2.48. The topological polar surface area (TPSA) is 91.9 Å². The van der Waals surface area contributed by atoms with Crippen molar-refractivity contribution in [3.05, 3.63) is 5.70 Å². The summed E-state index contributed by atoms with van der Waals surface area (Å²) in [6, 6.07) is 0. The Morgan fingerprint density at radius 2 is 1.71 bits per heavy atom. The summed E-state index contributed by atoms with van der Waals surface area (Å²) < 4.78 is 16.7. The van der Waals surface area contributed by atoms with Gasteiger partial charge < -0.3 is 33.8 Å². The molecule has 0 bridgehead atoms. The van der Waals surface area contributed by atoms with Gasteiger partial charge in [0.25, 0.3) is 0 Å². The fourth-order valence-corrected chi connectivity index (χ4v) is 5.29. The predicted molar refractivity (Wildman–Crippen MR) is 131 cm³/mol. The minimum absolute atomic E-state index is 0.197. The molecule has 10 nitrogen and oxygen atoms in total. The fraction of sp³-hybridized carbons (Fsp3) is 0.840. The summed E-state index contributed by atoms with van der Waals surface area (Å²) >= 11 is 0. The third kappa shape index (κ3) is 7.43. The van der Waals surface area contributed by atoms with Crippen LogP contribution in [0, 0.1) is 0 Å². The molecule has 0 aromatic heterocycles. The Balaban J connectivity index is 1.47. The van der Waals surface area contributed by atoms with E-state index in [0.717, 1.165) is 45.7 Å². The van der Waals surface area contributed by atoms with Gasteiger partial charge in [-0.05, 0) is 46.2 Å². The zero-order valence-electron chi connectivity index (χ0n) is 21.6. The maximum absolute atomic E-state index is 12.5. The second-order valence-corrected chi connectivity index (χ2v) is 9.52. The van der Waals surface area contributed by atoms with Crippen LogP contribution in [0.2, 0.25) is 0 Å². The number of cyclic esters (lactones) is 1. The van der Waals surface area contributed by atoms with Crippen LogP contribution in [0.25, 0.3) is 0 Å². The summed E-state index contributed by atoms with van der Waals surface area (Å²) in [4.78, 5) is 45.0. The molecule has 3 rings (SSSR count). The second-order valence-electron chi connectivity index (χ2n) is 9.52. The van der Waals surface area contributed by atoms with Crippen LogP contribution in [-0.2, 0) is 23.8 Å². The van der Waals surface area contributed by atoms with Gasteiger partial charge in [-0.25, -0.2) is 9.59 Å². The summed E-state index contributed by atoms with van der Waals surface area (Å²) in [5, 5.41) is 0. The number of esters is 1. The van der Waals surface area contributed by atoms with Gasteiger partial charge in [0.1, 0.15) is 11.6 Å². The van der Waals surface area contributed by atoms with Crippen LogP contribution >= 0.6 is 0 Å². The zero-order valence-corrected chi connectivity index (χ0v) is 21.6. The standard InChI is InChI=1S/C25H42N4O6/c1-4-26-14-16-27(17-15-26)10-7-11-29-19-22(35-24(29)32)21(20-30)28-12-8-25(9-13-28,34-6-3)18-23(31)33-5-2/h22H,4-19H2,1-3H3. The minimum atomic E-state index is -0.613. The van der Waals surface area contributed by atoms with E-state index >= 15 is 0 Å². The number of hydrogen-bond donors (Lipinski definition) is 0. The van der Waals surface area contributed by atoms with Crippen molar-refractivity contribution in [1.82, 2.24) is 19.6 Å². The Labute approximate surface area is 209 Å². The zero-order chi connectivity index (χ0) is 25.3. The molecule has 0 aromatic carbocycles. The van der Waals surface area contributed by atoms with Gasteiger partial charge in [0.15, 0.2) is 6.10 Å². The van der Waals surface area contributed by atoms with Gasteiger partial charge in [0.2, 0.25) is 0 Å². The van der Waals surface area contributed by atoms with Crippen LogP contribution in [0.3, 0.4) is 0 Å². The Bertz CT molecular complexity index is 755. The Morgan fingerprint density at radius 1 is 1.03 bits per heavy atom. The molecule has 1 unspecified atom stereocenters. The van der Waals surface area contributed by atoms with E-state index in [1.807, 2.05) is 17.8 Å². The Kier molecular flexibility index (Phi) is 10.4. The molecule has 3 aliphatic rings. The summed E-state index contributed by atoms with van der Waals surface area (Å²) in [6.07, 6.45) is 1.26. The smallest absolute Gasteiger partial charge is 0.410 e. The second kappa shape index (κ2) is 13.3. The van der Waals surface area contributed by atoms with Crippen molar-refractivity contribution in [3.8, 4) is 0 Å². The van der Waals surface area contributed by atoms with Gasteiger partial charge in [-0.3, -0.25) is 4.79 Å². The van der Waals surface area contributed by atoms with Crippen molar-refractivity contribution in [3.63, 3.8) is 0 Å². The number of likely N-dealkylation sites (tertiary alicyclic amines) is 1. The highest BCUT2D eigenvalue weighted by molar-refractivity contribution is 5.72. The number of piperazine rings is 1. The number of carbonyl (C=O) groups excluding carboxylic acids is 3. The van der Waals surface area contributed by atoms with Crippen LogP contribution in [0.5, 0.6) is 0 Å². The average molecular weight is 495 g/mol. The van der Waals surface area contributed by atoms with E-state index in [4.69, 9.17) is 14.2 Å². The number of likely N-dealkylation sites (N-methyl/N-ethyl adjacent to an activating group) is 1. The van der Waals surface area contributed by atoms with E-state index in [2.05, 4.69) is 16.7 Å². The summed E-state index contributed by atoms with van der Waals surface area (Å²) in [5.74, 6) is 1.77. The maximum atomic E-state index is 12.5. The molecule has 1 atom stereocenters. The van der Waals surface area contributed by atoms with Crippen molar-refractivity contribution in [2.75, 3.05) is 78.7 Å². The highest BCUT2D eigenvalue weighted by atomic mass is 16.6. The molecule has 0 radical (unpaired) electrons. The Hall–Kier alpha value is -2.13. The minimum Gasteiger partial charge on any atom is -0.466 e. The quantitative estimate of drug-likeness (QED) is 0.295. The first-order valence-electron chi connectivity index (χ1n) is 13.1. The summed E-state index contributed by atoms with van der Waals surface area (Å²) in [7, 11) is 0. The van der Waals surface area contributed by atoms with Gasteiger partial charge in [-0.15, -0.1) is 0 Å². The van der Waals surface area contributed by atoms with Gasteiger partial charge >= 0.3 is 12.1 Å². The molecule has 0 N–H and O–H groups in total. The highest BCUT2D eigenvalue weighted by Crippen LogP contribution is 2.33. The summed E-state index contributed by atoms with van der Waals surface area (Å²) in [5.41, 5.74) is -0.218. The maximum Gasteiger partial charge on any atom is 0.410 e. The molecule has 35 heavy (non-hydrogen) atoms. The van der Waals surface area contributed by atoms with E-state index < -0.39 is 11.7 Å². The number of carbonyl (C=O) groups is 2. The molecule has 0 saturated carbocycles. The molecular weight excluding hydrogens is 452 g/mol. The molecule has 3 heterocycles. The van der Waals surface area contributed by atoms with Crippen molar-refractivity contribution in [2.24, 2.45) is 0 Å². The number of rotatable bonds is 12. The Morgan fingerprint density at radius 3 is 2.31 bits per heavy atom. The van der Waals surface area contributed by atoms with Gasteiger partial charge in [0.05, 0.1) is 25.2 Å². The van der Waals surface area contributed by atoms with Crippen LogP contribution < -0.4 is 0 Å². The van der Waals surface area contributed by atoms with Crippen LogP contribution in [-0.4, -0.2) is 128 Å². The SMILES string of the molecule is CCOC(=O)CC1(OCC)CCN(C(=C=O)C2CN(CCCN3CCN(CC)CC3)C(=O)O2)CC1. The molecule has 10 heteroatoms. The first-order chi connectivity index (χ1) is 16.9. The summed E-state index contributed by atoms with van der Waals surface area (Å²) in [6.45, 7) is 15.1. The average Bonchev–Trinajstić information content (AvgIpc) is 3.21. The first kappa shape index (κ1) is 27.5. The third-order valence-corrected chi connectivity index (χ3v) is 7.35. The molecule has 198 valence electrons. The number of hydrogen-bond acceptors (Lipinski definition) is 9. The van der Waals surface area contributed by atoms with E-state index in [1.54, 1.807) is 11.8 Å². The molecule has 0 spiro atoms. The van der Waals surface area contributed by atoms with Crippen LogP contribution in [0.1, 0.15) is 46.5 Å². The number of amides is 1. The van der Waals surface area contributed by atoms with E-state index in [0.29, 0.717) is 57.9 Å². The van der Waals surface area contributed by atoms with Gasteiger partial charge in [-0.2, -0.15) is 0 Å². The highest BCUT2D eigenvalue weighted by Gasteiger charge is 2.42. The molecule has 0 aliphatic carbocycles. The van der Waals surface area contributed by atoms with Gasteiger partial charge in [0, 0.05) is 52.4 Å². The van der Waals surface area contributed by atoms with Crippen molar-refractivity contribution in [1.29, 1.82) is 0 Å². The van der Waals surface area contributed by atoms with E-state index in [-0.39, 0.29) is 18.5 Å². The molecule has 3 fully saturated rings. The van der Waals surface area contributed by atoms with Crippen molar-refractivity contribution in [2.45, 2.75) is 58.2 Å². The van der Waals surface area contributed by atoms with Crippen molar-refractivity contribution >= 4 is 18.0 Å². The number of ether oxygens (including phenoxy) is 3. The first-order valence-corrected chi connectivity index (χ1v) is 13.1. The lowest BCUT2D eigenvalue weighted by Gasteiger charge is -2.42. The largest absolute Gasteiger partial charge is 0.466 e. The monoisotopic (exact) mass is 494 g/mol. The van der Waals surface area contributed by atoms with Crippen molar-refractivity contribution < 1.29 is 28.6 Å². The molecule has 3 aliphatic heterocycles. The third-order valence-electron chi connectivity index (χ3n) is 7.35. The number of piperidine rings is 1. The molecule has 1 amide bonds. The molecule has 3 saturated heterocycles. The lowest BCUT2D eigenvalue weighted by molar-refractivity contribution is -0.155. The van der Waals surface area contributed by atoms with Crippen LogP contribution in [0.15, 0.2) is 5.70 Å². The normalized spacial score (nSPS) is 23.2. The van der Waals surface area contributed by atoms with Gasteiger partial charge in [-0.1, -0.05) is 6.92 Å². The predicted octanol–water partition coefficient (Wildman–Crippen LogP) is 1.37.